The summed E-state index contributed by atoms with van der Waals surface area (Å²) in [5.41, 5.74) is 6.76. The highest BCUT2D eigenvalue weighted by Crippen LogP contribution is 2.37. The topological polar surface area (TPSA) is 90.9 Å². The largest absolute Gasteiger partial charge is 0.340 e. The molecule has 2 aromatic carbocycles. The van der Waals surface area contributed by atoms with E-state index in [1.165, 1.54) is 23.1 Å². The highest BCUT2D eigenvalue weighted by atomic mass is 16.2. The van der Waals surface area contributed by atoms with Gasteiger partial charge in [-0.3, -0.25) is 9.69 Å². The number of nitriles is 1. The number of fused-ring (bicyclic) bond motifs is 2. The van der Waals surface area contributed by atoms with Gasteiger partial charge in [0.15, 0.2) is 0 Å². The van der Waals surface area contributed by atoms with Crippen molar-refractivity contribution in [2.45, 2.75) is 43.9 Å². The van der Waals surface area contributed by atoms with Crippen molar-refractivity contribution in [2.75, 3.05) is 32.7 Å². The number of hydrogen-bond acceptors (Lipinski definition) is 6. The van der Waals surface area contributed by atoms with Crippen LogP contribution in [0.1, 0.15) is 58.9 Å². The maximum Gasteiger partial charge on any atom is 0.230 e. The van der Waals surface area contributed by atoms with E-state index in [0.29, 0.717) is 5.92 Å². The van der Waals surface area contributed by atoms with E-state index in [-0.39, 0.29) is 11.8 Å². The molecular weight excluding hydrogens is 438 g/mol. The van der Waals surface area contributed by atoms with E-state index >= 15 is 0 Å². The lowest BCUT2D eigenvalue weighted by Crippen LogP contribution is -2.50. The van der Waals surface area contributed by atoms with Crippen LogP contribution in [0, 0.1) is 11.3 Å². The third kappa shape index (κ3) is 4.10. The number of hydrogen-bond donors (Lipinski definition) is 0. The van der Waals surface area contributed by atoms with Crippen LogP contribution >= 0.6 is 0 Å². The highest BCUT2D eigenvalue weighted by molar-refractivity contribution is 5.85. The van der Waals surface area contributed by atoms with Gasteiger partial charge in [-0.1, -0.05) is 18.2 Å². The van der Waals surface area contributed by atoms with Crippen molar-refractivity contribution in [1.82, 2.24) is 30.0 Å². The molecule has 0 spiro atoms. The Balaban J connectivity index is 1.08. The summed E-state index contributed by atoms with van der Waals surface area (Å²) in [6.07, 6.45) is 6.70. The van der Waals surface area contributed by atoms with E-state index in [1.807, 2.05) is 18.2 Å². The molecule has 0 radical (unpaired) electrons. The van der Waals surface area contributed by atoms with Gasteiger partial charge < -0.3 is 4.90 Å². The van der Waals surface area contributed by atoms with Crippen molar-refractivity contribution in [2.24, 2.45) is 0 Å². The SMILES string of the molecule is N#Cc1cccc2c1CCCC2CN1CCN(C(=O)C2CCc3cc(-n4cnnn4)ccc32)CC1. The molecule has 2 unspecified atom stereocenters. The Bertz CT molecular complexity index is 1270. The first-order chi connectivity index (χ1) is 17.2. The fourth-order valence-electron chi connectivity index (χ4n) is 6.21. The number of carbonyl (C=O) groups excluding carboxylic acids is 1. The van der Waals surface area contributed by atoms with Crippen LogP contribution in [0.15, 0.2) is 42.7 Å². The standard InChI is InChI=1S/C27H29N7O/c28-16-20-3-1-6-24-21(4-2-5-23(20)24)17-32-11-13-33(14-12-32)27(35)26-9-7-19-15-22(8-10-25(19)26)34-18-29-30-31-34/h1,3,6,8,10,15,18,21,26H,2,4-5,7,9,11-14,17H2. The zero-order valence-corrected chi connectivity index (χ0v) is 19.8. The molecule has 1 amide bonds. The number of amides is 1. The molecule has 2 atom stereocenters. The minimum absolute atomic E-state index is 0.0471. The van der Waals surface area contributed by atoms with E-state index in [1.54, 1.807) is 11.0 Å². The third-order valence-corrected chi connectivity index (χ3v) is 8.03. The van der Waals surface area contributed by atoms with Gasteiger partial charge in [-0.15, -0.1) is 5.10 Å². The van der Waals surface area contributed by atoms with Crippen LogP contribution < -0.4 is 0 Å². The molecule has 8 nitrogen and oxygen atoms in total. The molecule has 1 saturated heterocycles. The van der Waals surface area contributed by atoms with Gasteiger partial charge in [-0.05, 0) is 88.9 Å². The average Bonchev–Trinajstić information content (AvgIpc) is 3.59. The summed E-state index contributed by atoms with van der Waals surface area (Å²) in [5.74, 6) is 0.694. The maximum atomic E-state index is 13.4. The van der Waals surface area contributed by atoms with Gasteiger partial charge in [0, 0.05) is 32.7 Å². The Morgan fingerprint density at radius 1 is 1.06 bits per heavy atom. The van der Waals surface area contributed by atoms with Crippen LogP contribution in [0.2, 0.25) is 0 Å². The van der Waals surface area contributed by atoms with Crippen LogP contribution in [0.4, 0.5) is 0 Å². The van der Waals surface area contributed by atoms with Crippen LogP contribution in [0.5, 0.6) is 0 Å². The molecule has 35 heavy (non-hydrogen) atoms. The Morgan fingerprint density at radius 2 is 1.94 bits per heavy atom. The molecule has 3 aliphatic rings. The first-order valence-corrected chi connectivity index (χ1v) is 12.6. The van der Waals surface area contributed by atoms with E-state index in [9.17, 15) is 10.1 Å². The lowest BCUT2D eigenvalue weighted by Gasteiger charge is -2.38. The Morgan fingerprint density at radius 3 is 2.74 bits per heavy atom. The second-order valence-electron chi connectivity index (χ2n) is 9.93. The summed E-state index contributed by atoms with van der Waals surface area (Å²) in [6.45, 7) is 4.40. The number of piperazine rings is 1. The Kier molecular flexibility index (Phi) is 5.78. The molecule has 178 valence electrons. The summed E-state index contributed by atoms with van der Waals surface area (Å²) < 4.78 is 1.65. The Hall–Kier alpha value is -3.57. The highest BCUT2D eigenvalue weighted by Gasteiger charge is 2.34. The van der Waals surface area contributed by atoms with Gasteiger partial charge in [0.1, 0.15) is 6.33 Å². The van der Waals surface area contributed by atoms with E-state index in [2.05, 4.69) is 49.6 Å². The molecule has 2 heterocycles. The lowest BCUT2D eigenvalue weighted by atomic mass is 9.80. The lowest BCUT2D eigenvalue weighted by molar-refractivity contribution is -0.134. The predicted octanol–water partition coefficient (Wildman–Crippen LogP) is 2.83. The molecular formula is C27H29N7O. The van der Waals surface area contributed by atoms with Crippen molar-refractivity contribution in [3.8, 4) is 11.8 Å². The summed E-state index contributed by atoms with van der Waals surface area (Å²) in [7, 11) is 0. The fraction of sp³-hybridized carbons (Fsp3) is 0.444. The predicted molar refractivity (Wildman–Crippen MR) is 130 cm³/mol. The quantitative estimate of drug-likeness (QED) is 0.586. The number of nitrogens with zero attached hydrogens (tertiary/aromatic N) is 7. The third-order valence-electron chi connectivity index (χ3n) is 8.03. The summed E-state index contributed by atoms with van der Waals surface area (Å²) in [4.78, 5) is 18.0. The summed E-state index contributed by atoms with van der Waals surface area (Å²) >= 11 is 0. The van der Waals surface area contributed by atoms with E-state index < -0.39 is 0 Å². The molecule has 6 rings (SSSR count). The van der Waals surface area contributed by atoms with Gasteiger partial charge in [-0.2, -0.15) is 5.26 Å². The average molecular weight is 468 g/mol. The second-order valence-corrected chi connectivity index (χ2v) is 9.93. The Labute approximate surface area is 205 Å². The van der Waals surface area contributed by atoms with Crippen molar-refractivity contribution in [3.63, 3.8) is 0 Å². The maximum absolute atomic E-state index is 13.4. The molecule has 0 bridgehead atoms. The fourth-order valence-corrected chi connectivity index (χ4v) is 6.21. The normalized spacial score (nSPS) is 21.9. The van der Waals surface area contributed by atoms with Gasteiger partial charge >= 0.3 is 0 Å². The number of carbonyl (C=O) groups is 1. The first kappa shape index (κ1) is 21.9. The van der Waals surface area contributed by atoms with E-state index in [4.69, 9.17) is 0 Å². The van der Waals surface area contributed by atoms with Gasteiger partial charge in [-0.25, -0.2) is 4.68 Å². The molecule has 1 aromatic heterocycles. The molecule has 1 aliphatic heterocycles. The second kappa shape index (κ2) is 9.23. The van der Waals surface area contributed by atoms with Crippen molar-refractivity contribution in [1.29, 1.82) is 5.26 Å². The smallest absolute Gasteiger partial charge is 0.230 e. The number of rotatable bonds is 4. The van der Waals surface area contributed by atoms with Gasteiger partial charge in [0.25, 0.3) is 0 Å². The van der Waals surface area contributed by atoms with E-state index in [0.717, 1.165) is 75.2 Å². The number of aromatic nitrogens is 4. The molecule has 0 saturated carbocycles. The minimum Gasteiger partial charge on any atom is -0.340 e. The number of aryl methyl sites for hydroxylation is 1. The monoisotopic (exact) mass is 467 g/mol. The van der Waals surface area contributed by atoms with Crippen LogP contribution in [0.3, 0.4) is 0 Å². The van der Waals surface area contributed by atoms with Crippen molar-refractivity contribution in [3.05, 3.63) is 70.5 Å². The van der Waals surface area contributed by atoms with Crippen molar-refractivity contribution >= 4 is 5.91 Å². The molecule has 8 heteroatoms. The zero-order valence-electron chi connectivity index (χ0n) is 19.8. The minimum atomic E-state index is -0.0471. The first-order valence-electron chi connectivity index (χ1n) is 12.6. The van der Waals surface area contributed by atoms with Crippen LogP contribution in [-0.2, 0) is 17.6 Å². The molecule has 0 N–H and O–H groups in total. The van der Waals surface area contributed by atoms with Crippen LogP contribution in [-0.4, -0.2) is 68.6 Å². The molecule has 3 aromatic rings. The van der Waals surface area contributed by atoms with Crippen molar-refractivity contribution < 1.29 is 4.79 Å². The summed E-state index contributed by atoms with van der Waals surface area (Å²) in [6, 6.07) is 14.7. The van der Waals surface area contributed by atoms with Crippen LogP contribution in [0.25, 0.3) is 5.69 Å². The molecule has 1 fully saturated rings. The number of tetrazole rings is 1. The van der Waals surface area contributed by atoms with Gasteiger partial charge in [0.2, 0.25) is 5.91 Å². The number of benzene rings is 2. The van der Waals surface area contributed by atoms with Gasteiger partial charge in [0.05, 0.1) is 23.2 Å². The zero-order chi connectivity index (χ0) is 23.8. The molecule has 2 aliphatic carbocycles. The summed E-state index contributed by atoms with van der Waals surface area (Å²) in [5, 5.41) is 20.9.